The van der Waals surface area contributed by atoms with Gasteiger partial charge in [-0.05, 0) is 25.8 Å². The number of hydrogen-bond acceptors (Lipinski definition) is 4. The Morgan fingerprint density at radius 1 is 1.58 bits per heavy atom. The number of nitrogens with one attached hydrogen (secondary N) is 1. The average Bonchev–Trinajstić information content (AvgIpc) is 2.87. The second kappa shape index (κ2) is 6.01. The molecule has 0 aromatic carbocycles. The molecule has 0 aliphatic carbocycles. The van der Waals surface area contributed by atoms with Crippen LogP contribution in [0.4, 0.5) is 0 Å². The van der Waals surface area contributed by atoms with E-state index in [4.69, 9.17) is 4.74 Å². The van der Waals surface area contributed by atoms with Crippen LogP contribution in [-0.2, 0) is 18.2 Å². The maximum atomic E-state index is 5.81. The Morgan fingerprint density at radius 2 is 2.37 bits per heavy atom. The van der Waals surface area contributed by atoms with E-state index in [1.54, 1.807) is 4.68 Å². The van der Waals surface area contributed by atoms with E-state index in [1.165, 1.54) is 0 Å². The van der Waals surface area contributed by atoms with Crippen molar-refractivity contribution in [2.24, 2.45) is 18.4 Å². The molecule has 2 heterocycles. The molecule has 2 unspecified atom stereocenters. The van der Waals surface area contributed by atoms with E-state index >= 15 is 0 Å². The van der Waals surface area contributed by atoms with Gasteiger partial charge in [0.2, 0.25) is 0 Å². The number of rotatable bonds is 6. The molecule has 108 valence electrons. The zero-order valence-electron chi connectivity index (χ0n) is 12.5. The highest BCUT2D eigenvalue weighted by atomic mass is 16.5. The lowest BCUT2D eigenvalue weighted by Crippen LogP contribution is -2.42. The molecule has 5 nitrogen and oxygen atoms in total. The first kappa shape index (κ1) is 14.5. The van der Waals surface area contributed by atoms with Crippen LogP contribution in [0.15, 0.2) is 6.20 Å². The van der Waals surface area contributed by atoms with Crippen LogP contribution >= 0.6 is 0 Å². The van der Waals surface area contributed by atoms with Gasteiger partial charge in [0.05, 0.1) is 11.8 Å². The Bertz CT molecular complexity index is 404. The van der Waals surface area contributed by atoms with Crippen LogP contribution in [0, 0.1) is 11.3 Å². The number of aryl methyl sites for hydroxylation is 1. The summed E-state index contributed by atoms with van der Waals surface area (Å²) >= 11 is 0. The third-order valence-electron chi connectivity index (χ3n) is 4.04. The summed E-state index contributed by atoms with van der Waals surface area (Å²) in [5, 5.41) is 11.9. The lowest BCUT2D eigenvalue weighted by Gasteiger charge is -2.32. The Kier molecular flexibility index (Phi) is 4.58. The third-order valence-corrected chi connectivity index (χ3v) is 4.04. The highest BCUT2D eigenvalue weighted by Crippen LogP contribution is 2.37. The molecule has 0 amide bonds. The summed E-state index contributed by atoms with van der Waals surface area (Å²) in [6.07, 6.45) is 4.31. The Hall–Kier alpha value is -0.940. The predicted molar refractivity (Wildman–Crippen MR) is 74.9 cm³/mol. The Labute approximate surface area is 115 Å². The molecule has 1 aliphatic heterocycles. The second-order valence-electron chi connectivity index (χ2n) is 6.21. The van der Waals surface area contributed by atoms with Crippen molar-refractivity contribution in [2.45, 2.75) is 39.7 Å². The minimum Gasteiger partial charge on any atom is -0.378 e. The average molecular weight is 266 g/mol. The van der Waals surface area contributed by atoms with Crippen molar-refractivity contribution in [3.8, 4) is 0 Å². The fourth-order valence-corrected chi connectivity index (χ4v) is 2.79. The lowest BCUT2D eigenvalue weighted by molar-refractivity contribution is 0.0622. The highest BCUT2D eigenvalue weighted by Gasteiger charge is 2.41. The number of hydrogen-bond donors (Lipinski definition) is 1. The molecule has 1 aliphatic rings. The van der Waals surface area contributed by atoms with Crippen molar-refractivity contribution >= 4 is 0 Å². The quantitative estimate of drug-likeness (QED) is 0.845. The summed E-state index contributed by atoms with van der Waals surface area (Å²) in [4.78, 5) is 0. The van der Waals surface area contributed by atoms with Gasteiger partial charge in [0.1, 0.15) is 0 Å². The van der Waals surface area contributed by atoms with Crippen LogP contribution in [0.3, 0.4) is 0 Å². The van der Waals surface area contributed by atoms with E-state index in [9.17, 15) is 0 Å². The smallest absolute Gasteiger partial charge is 0.0834 e. The molecule has 2 rings (SSSR count). The van der Waals surface area contributed by atoms with Gasteiger partial charge in [-0.3, -0.25) is 4.68 Å². The van der Waals surface area contributed by atoms with Crippen LogP contribution in [0.1, 0.15) is 32.9 Å². The van der Waals surface area contributed by atoms with Gasteiger partial charge in [0.25, 0.3) is 0 Å². The first-order valence-electron chi connectivity index (χ1n) is 7.19. The summed E-state index contributed by atoms with van der Waals surface area (Å²) in [6.45, 7) is 9.54. The minimum absolute atomic E-state index is 0.158. The van der Waals surface area contributed by atoms with Gasteiger partial charge in [-0.25, -0.2) is 0 Å². The van der Waals surface area contributed by atoms with E-state index in [0.29, 0.717) is 5.92 Å². The Balaban J connectivity index is 2.02. The van der Waals surface area contributed by atoms with Gasteiger partial charge in [0, 0.05) is 38.2 Å². The molecule has 1 saturated heterocycles. The monoisotopic (exact) mass is 266 g/mol. The lowest BCUT2D eigenvalue weighted by atomic mass is 9.77. The molecule has 0 spiro atoms. The van der Waals surface area contributed by atoms with Crippen LogP contribution in [0.2, 0.25) is 0 Å². The van der Waals surface area contributed by atoms with Crippen molar-refractivity contribution in [2.75, 3.05) is 19.7 Å². The SMILES string of the molecule is CC(C)CNCC1(Cc2cn(C)nn2)CCOC1C. The summed E-state index contributed by atoms with van der Waals surface area (Å²) < 4.78 is 7.58. The molecule has 19 heavy (non-hydrogen) atoms. The van der Waals surface area contributed by atoms with E-state index in [1.807, 2.05) is 13.2 Å². The third kappa shape index (κ3) is 3.54. The maximum absolute atomic E-state index is 5.81. The largest absolute Gasteiger partial charge is 0.378 e. The molecule has 1 fully saturated rings. The van der Waals surface area contributed by atoms with Crippen molar-refractivity contribution in [1.82, 2.24) is 20.3 Å². The van der Waals surface area contributed by atoms with Gasteiger partial charge in [-0.15, -0.1) is 5.10 Å². The van der Waals surface area contributed by atoms with E-state index in [2.05, 4.69) is 36.4 Å². The van der Waals surface area contributed by atoms with E-state index in [-0.39, 0.29) is 11.5 Å². The topological polar surface area (TPSA) is 52.0 Å². The number of aromatic nitrogens is 3. The molecule has 0 saturated carbocycles. The fraction of sp³-hybridized carbons (Fsp3) is 0.857. The van der Waals surface area contributed by atoms with Crippen molar-refractivity contribution in [3.05, 3.63) is 11.9 Å². The van der Waals surface area contributed by atoms with Gasteiger partial charge < -0.3 is 10.1 Å². The van der Waals surface area contributed by atoms with Crippen molar-refractivity contribution in [1.29, 1.82) is 0 Å². The first-order valence-corrected chi connectivity index (χ1v) is 7.19. The fourth-order valence-electron chi connectivity index (χ4n) is 2.79. The van der Waals surface area contributed by atoms with Crippen molar-refractivity contribution < 1.29 is 4.74 Å². The zero-order valence-corrected chi connectivity index (χ0v) is 12.5. The molecule has 1 aromatic heterocycles. The summed E-state index contributed by atoms with van der Waals surface area (Å²) in [6, 6.07) is 0. The van der Waals surface area contributed by atoms with Gasteiger partial charge in [0.15, 0.2) is 0 Å². The van der Waals surface area contributed by atoms with Crippen molar-refractivity contribution in [3.63, 3.8) is 0 Å². The highest BCUT2D eigenvalue weighted by molar-refractivity contribution is 5.03. The molecule has 0 radical (unpaired) electrons. The second-order valence-corrected chi connectivity index (χ2v) is 6.21. The van der Waals surface area contributed by atoms with Gasteiger partial charge >= 0.3 is 0 Å². The predicted octanol–water partition coefficient (Wildman–Crippen LogP) is 1.40. The minimum atomic E-state index is 0.158. The zero-order chi connectivity index (χ0) is 13.9. The van der Waals surface area contributed by atoms with Gasteiger partial charge in [-0.1, -0.05) is 19.1 Å². The van der Waals surface area contributed by atoms with E-state index < -0.39 is 0 Å². The Morgan fingerprint density at radius 3 is 2.89 bits per heavy atom. The van der Waals surface area contributed by atoms with E-state index in [0.717, 1.165) is 38.2 Å². The summed E-state index contributed by atoms with van der Waals surface area (Å²) in [5.74, 6) is 0.672. The molecule has 5 heteroatoms. The molecular weight excluding hydrogens is 240 g/mol. The summed E-state index contributed by atoms with van der Waals surface area (Å²) in [7, 11) is 1.91. The molecule has 1 N–H and O–H groups in total. The van der Waals surface area contributed by atoms with Gasteiger partial charge in [-0.2, -0.15) is 0 Å². The molecular formula is C14H26N4O. The van der Waals surface area contributed by atoms with Crippen LogP contribution in [-0.4, -0.2) is 40.8 Å². The maximum Gasteiger partial charge on any atom is 0.0834 e. The standard InChI is InChI=1S/C14H26N4O/c1-11(2)8-15-10-14(5-6-19-12(14)3)7-13-9-18(4)17-16-13/h9,11-12,15H,5-8,10H2,1-4H3. The molecule has 1 aromatic rings. The van der Waals surface area contributed by atoms with Crippen LogP contribution in [0.25, 0.3) is 0 Å². The normalized spacial score (nSPS) is 27.3. The first-order chi connectivity index (χ1) is 9.02. The van der Waals surface area contributed by atoms with Crippen LogP contribution in [0.5, 0.6) is 0 Å². The molecule has 2 atom stereocenters. The number of ether oxygens (including phenoxy) is 1. The summed E-state index contributed by atoms with van der Waals surface area (Å²) in [5.41, 5.74) is 1.22. The number of nitrogens with zero attached hydrogens (tertiary/aromatic N) is 3. The van der Waals surface area contributed by atoms with Crippen LogP contribution < -0.4 is 5.32 Å². The molecule has 0 bridgehead atoms.